The first-order chi connectivity index (χ1) is 8.16. The van der Waals surface area contributed by atoms with Gasteiger partial charge < -0.3 is 15.5 Å². The number of benzene rings is 1. The van der Waals surface area contributed by atoms with Crippen LogP contribution < -0.4 is 5.32 Å². The molecule has 0 fully saturated rings. The van der Waals surface area contributed by atoms with Crippen LogP contribution in [0, 0.1) is 6.92 Å². The lowest BCUT2D eigenvalue weighted by molar-refractivity contribution is 0.443. The molecule has 3 nitrogen and oxygen atoms in total. The predicted molar refractivity (Wildman–Crippen MR) is 69.4 cm³/mol. The number of hydrogen-bond acceptors (Lipinski definition) is 4. The molecule has 0 aliphatic carbocycles. The molecule has 0 amide bonds. The highest BCUT2D eigenvalue weighted by atomic mass is 32.1. The molecular formula is C13H15NO2S. The molecular weight excluding hydrogens is 234 g/mol. The normalized spacial score (nSPS) is 10.6. The standard InChI is InChI=1S/C13H15NO2S/c1-9-7-17-8-11(9)6-14-5-10-2-3-12(15)4-13(10)16/h2-4,7-8,14-16H,5-6H2,1H3. The van der Waals surface area contributed by atoms with E-state index >= 15 is 0 Å². The molecule has 3 N–H and O–H groups in total. The van der Waals surface area contributed by atoms with Crippen LogP contribution in [0.4, 0.5) is 0 Å². The van der Waals surface area contributed by atoms with Crippen molar-refractivity contribution in [2.75, 3.05) is 0 Å². The third-order valence-electron chi connectivity index (χ3n) is 2.66. The van der Waals surface area contributed by atoms with Crippen LogP contribution in [-0.4, -0.2) is 10.2 Å². The minimum Gasteiger partial charge on any atom is -0.508 e. The van der Waals surface area contributed by atoms with Crippen LogP contribution in [0.2, 0.25) is 0 Å². The van der Waals surface area contributed by atoms with Crippen LogP contribution in [0.1, 0.15) is 16.7 Å². The largest absolute Gasteiger partial charge is 0.508 e. The van der Waals surface area contributed by atoms with Gasteiger partial charge in [-0.15, -0.1) is 0 Å². The van der Waals surface area contributed by atoms with E-state index in [0.29, 0.717) is 6.54 Å². The van der Waals surface area contributed by atoms with Gasteiger partial charge in [0.05, 0.1) is 0 Å². The molecule has 90 valence electrons. The summed E-state index contributed by atoms with van der Waals surface area (Å²) < 4.78 is 0. The number of aromatic hydroxyl groups is 2. The zero-order valence-corrected chi connectivity index (χ0v) is 10.4. The van der Waals surface area contributed by atoms with Gasteiger partial charge >= 0.3 is 0 Å². The molecule has 0 saturated heterocycles. The molecule has 17 heavy (non-hydrogen) atoms. The molecule has 1 heterocycles. The quantitative estimate of drug-likeness (QED) is 0.781. The van der Waals surface area contributed by atoms with Crippen molar-refractivity contribution in [3.05, 3.63) is 45.6 Å². The summed E-state index contributed by atoms with van der Waals surface area (Å²) in [5.41, 5.74) is 3.36. The van der Waals surface area contributed by atoms with E-state index in [0.717, 1.165) is 12.1 Å². The third-order valence-corrected chi connectivity index (χ3v) is 3.57. The smallest absolute Gasteiger partial charge is 0.123 e. The zero-order chi connectivity index (χ0) is 12.3. The van der Waals surface area contributed by atoms with Crippen molar-refractivity contribution in [1.29, 1.82) is 0 Å². The Morgan fingerprint density at radius 3 is 2.53 bits per heavy atom. The summed E-state index contributed by atoms with van der Waals surface area (Å²) >= 11 is 1.70. The molecule has 1 aromatic carbocycles. The molecule has 0 saturated carbocycles. The Balaban J connectivity index is 1.92. The fourth-order valence-electron chi connectivity index (χ4n) is 1.60. The Morgan fingerprint density at radius 1 is 1.12 bits per heavy atom. The van der Waals surface area contributed by atoms with E-state index in [1.165, 1.54) is 17.2 Å². The first-order valence-corrected chi connectivity index (χ1v) is 6.34. The van der Waals surface area contributed by atoms with Crippen molar-refractivity contribution in [2.24, 2.45) is 0 Å². The van der Waals surface area contributed by atoms with Gasteiger partial charge in [0.1, 0.15) is 11.5 Å². The molecule has 1 aromatic heterocycles. The Morgan fingerprint density at radius 2 is 1.88 bits per heavy atom. The van der Waals surface area contributed by atoms with Gasteiger partial charge in [0.2, 0.25) is 0 Å². The lowest BCUT2D eigenvalue weighted by Crippen LogP contribution is -2.12. The maximum absolute atomic E-state index is 9.61. The van der Waals surface area contributed by atoms with Gasteiger partial charge in [0, 0.05) is 24.7 Å². The van der Waals surface area contributed by atoms with Crippen LogP contribution >= 0.6 is 11.3 Å². The van der Waals surface area contributed by atoms with Gasteiger partial charge in [0.15, 0.2) is 0 Å². The first kappa shape index (κ1) is 12.0. The number of hydrogen-bond donors (Lipinski definition) is 3. The minimum absolute atomic E-state index is 0.0833. The molecule has 4 heteroatoms. The van der Waals surface area contributed by atoms with Gasteiger partial charge in [-0.25, -0.2) is 0 Å². The molecule has 0 unspecified atom stereocenters. The molecule has 0 atom stereocenters. The highest BCUT2D eigenvalue weighted by Crippen LogP contribution is 2.22. The number of rotatable bonds is 4. The Bertz CT molecular complexity index is 508. The average Bonchev–Trinajstić information content (AvgIpc) is 2.68. The maximum atomic E-state index is 9.61. The zero-order valence-electron chi connectivity index (χ0n) is 9.60. The van der Waals surface area contributed by atoms with E-state index < -0.39 is 0 Å². The fraction of sp³-hybridized carbons (Fsp3) is 0.231. The Hall–Kier alpha value is -1.52. The van der Waals surface area contributed by atoms with Crippen LogP contribution in [-0.2, 0) is 13.1 Å². The number of aryl methyl sites for hydroxylation is 1. The molecule has 2 rings (SSSR count). The summed E-state index contributed by atoms with van der Waals surface area (Å²) in [5, 5.41) is 26.3. The van der Waals surface area contributed by atoms with Crippen molar-refractivity contribution < 1.29 is 10.2 Å². The van der Waals surface area contributed by atoms with E-state index in [4.69, 9.17) is 0 Å². The van der Waals surface area contributed by atoms with Crippen LogP contribution in [0.25, 0.3) is 0 Å². The van der Waals surface area contributed by atoms with Gasteiger partial charge in [-0.3, -0.25) is 0 Å². The highest BCUT2D eigenvalue weighted by molar-refractivity contribution is 7.08. The van der Waals surface area contributed by atoms with Gasteiger partial charge in [0.25, 0.3) is 0 Å². The van der Waals surface area contributed by atoms with Gasteiger partial charge in [-0.05, 0) is 34.9 Å². The molecule has 2 aromatic rings. The van der Waals surface area contributed by atoms with Crippen molar-refractivity contribution in [3.63, 3.8) is 0 Å². The summed E-state index contributed by atoms with van der Waals surface area (Å²) in [7, 11) is 0. The maximum Gasteiger partial charge on any atom is 0.123 e. The van der Waals surface area contributed by atoms with Crippen molar-refractivity contribution in [1.82, 2.24) is 5.32 Å². The van der Waals surface area contributed by atoms with Gasteiger partial charge in [-0.1, -0.05) is 6.07 Å². The molecule has 0 radical (unpaired) electrons. The molecule has 0 aliphatic rings. The topological polar surface area (TPSA) is 52.5 Å². The molecule has 0 aliphatic heterocycles. The Kier molecular flexibility index (Phi) is 3.66. The van der Waals surface area contributed by atoms with Crippen LogP contribution in [0.3, 0.4) is 0 Å². The molecule has 0 bridgehead atoms. The van der Waals surface area contributed by atoms with E-state index in [1.54, 1.807) is 23.5 Å². The minimum atomic E-state index is 0.0833. The number of thiophene rings is 1. The van der Waals surface area contributed by atoms with E-state index in [9.17, 15) is 10.2 Å². The summed E-state index contributed by atoms with van der Waals surface area (Å²) in [6, 6.07) is 4.65. The highest BCUT2D eigenvalue weighted by Gasteiger charge is 2.03. The van der Waals surface area contributed by atoms with Crippen LogP contribution in [0.15, 0.2) is 29.0 Å². The van der Waals surface area contributed by atoms with Crippen LogP contribution in [0.5, 0.6) is 11.5 Å². The summed E-state index contributed by atoms with van der Waals surface area (Å²) in [6.07, 6.45) is 0. The molecule has 0 spiro atoms. The van der Waals surface area contributed by atoms with Crippen molar-refractivity contribution in [3.8, 4) is 11.5 Å². The SMILES string of the molecule is Cc1cscc1CNCc1ccc(O)cc1O. The second-order valence-electron chi connectivity index (χ2n) is 4.00. The average molecular weight is 249 g/mol. The van der Waals surface area contributed by atoms with E-state index in [2.05, 4.69) is 23.0 Å². The van der Waals surface area contributed by atoms with E-state index in [-0.39, 0.29) is 11.5 Å². The van der Waals surface area contributed by atoms with Gasteiger partial charge in [-0.2, -0.15) is 11.3 Å². The summed E-state index contributed by atoms with van der Waals surface area (Å²) in [5.74, 6) is 0.208. The monoisotopic (exact) mass is 249 g/mol. The van der Waals surface area contributed by atoms with Crippen molar-refractivity contribution >= 4 is 11.3 Å². The number of phenols is 2. The van der Waals surface area contributed by atoms with Crippen molar-refractivity contribution in [2.45, 2.75) is 20.0 Å². The number of phenolic OH excluding ortho intramolecular Hbond substituents is 2. The Labute approximate surface area is 104 Å². The fourth-order valence-corrected chi connectivity index (χ4v) is 2.46. The summed E-state index contributed by atoms with van der Waals surface area (Å²) in [4.78, 5) is 0. The predicted octanol–water partition coefficient (Wildman–Crippen LogP) is 2.76. The lowest BCUT2D eigenvalue weighted by atomic mass is 10.2. The number of nitrogens with one attached hydrogen (secondary N) is 1. The third kappa shape index (κ3) is 2.99. The second-order valence-corrected chi connectivity index (χ2v) is 4.74. The summed E-state index contributed by atoms with van der Waals surface area (Å²) in [6.45, 7) is 3.46. The second kappa shape index (κ2) is 5.21. The lowest BCUT2D eigenvalue weighted by Gasteiger charge is -2.07. The first-order valence-electron chi connectivity index (χ1n) is 5.40. The van der Waals surface area contributed by atoms with E-state index in [1.807, 2.05) is 0 Å².